The van der Waals surface area contributed by atoms with Crippen LogP contribution in [0.3, 0.4) is 0 Å². The van der Waals surface area contributed by atoms with Crippen molar-refractivity contribution >= 4 is 17.4 Å². The van der Waals surface area contributed by atoms with E-state index in [1.165, 1.54) is 5.56 Å². The van der Waals surface area contributed by atoms with Gasteiger partial charge in [0.1, 0.15) is 17.2 Å². The second kappa shape index (κ2) is 9.65. The highest BCUT2D eigenvalue weighted by atomic mass is 35.5. The third-order valence-electron chi connectivity index (χ3n) is 6.64. The van der Waals surface area contributed by atoms with Crippen LogP contribution < -0.4 is 0 Å². The van der Waals surface area contributed by atoms with Crippen molar-refractivity contribution in [3.05, 3.63) is 64.9 Å². The molecule has 178 valence electrons. The first-order chi connectivity index (χ1) is 16.4. The molecule has 0 bridgehead atoms. The quantitative estimate of drug-likeness (QED) is 0.395. The molecule has 1 spiro atoms. The number of aromatic nitrogens is 1. The van der Waals surface area contributed by atoms with Gasteiger partial charge in [0.05, 0.1) is 19.6 Å². The van der Waals surface area contributed by atoms with Crippen molar-refractivity contribution in [1.29, 1.82) is 0 Å². The molecule has 2 fully saturated rings. The number of ether oxygens (including phenoxy) is 1. The van der Waals surface area contributed by atoms with Crippen LogP contribution in [-0.4, -0.2) is 48.5 Å². The van der Waals surface area contributed by atoms with Gasteiger partial charge in [-0.3, -0.25) is 4.79 Å². The SMILES string of the molecule is CC(C)CC(=O)Cc1oc(-c2ccc(CCN3CC4(COC4)C3)cc2)nc1-c1cccc(Cl)c1. The lowest BCUT2D eigenvalue weighted by Crippen LogP contribution is -2.66. The van der Waals surface area contributed by atoms with Gasteiger partial charge in [0, 0.05) is 47.6 Å². The lowest BCUT2D eigenvalue weighted by atomic mass is 9.78. The summed E-state index contributed by atoms with van der Waals surface area (Å²) in [5.41, 5.74) is 4.21. The third-order valence-corrected chi connectivity index (χ3v) is 6.88. The summed E-state index contributed by atoms with van der Waals surface area (Å²) in [6, 6.07) is 15.9. The number of halogens is 1. The molecule has 0 N–H and O–H groups in total. The molecule has 2 aliphatic rings. The fourth-order valence-electron chi connectivity index (χ4n) is 4.90. The number of rotatable bonds is 9. The van der Waals surface area contributed by atoms with E-state index in [-0.39, 0.29) is 12.2 Å². The number of oxazole rings is 1. The Kier molecular flexibility index (Phi) is 6.61. The molecule has 34 heavy (non-hydrogen) atoms. The highest BCUT2D eigenvalue weighted by Crippen LogP contribution is 2.37. The zero-order valence-electron chi connectivity index (χ0n) is 19.9. The number of nitrogens with zero attached hydrogens (tertiary/aromatic N) is 2. The van der Waals surface area contributed by atoms with E-state index in [9.17, 15) is 4.79 Å². The zero-order chi connectivity index (χ0) is 23.7. The van der Waals surface area contributed by atoms with Gasteiger partial charge in [0.25, 0.3) is 0 Å². The van der Waals surface area contributed by atoms with Gasteiger partial charge in [0.2, 0.25) is 5.89 Å². The van der Waals surface area contributed by atoms with Gasteiger partial charge in [-0.05, 0) is 42.2 Å². The van der Waals surface area contributed by atoms with Crippen molar-refractivity contribution in [3.63, 3.8) is 0 Å². The number of hydrogen-bond acceptors (Lipinski definition) is 5. The standard InChI is InChI=1S/C28H31ClN2O3/c1-19(2)12-24(32)14-25-26(22-4-3-5-23(29)13-22)30-27(34-25)21-8-6-20(7-9-21)10-11-31-15-28(16-31)17-33-18-28/h3-9,13,19H,10-12,14-18H2,1-2H3. The zero-order valence-corrected chi connectivity index (χ0v) is 20.6. The van der Waals surface area contributed by atoms with Gasteiger partial charge in [-0.1, -0.05) is 49.7 Å². The maximum atomic E-state index is 12.6. The number of carbonyl (C=O) groups is 1. The number of likely N-dealkylation sites (tertiary alicyclic amines) is 1. The molecule has 0 aliphatic carbocycles. The van der Waals surface area contributed by atoms with Crippen LogP contribution in [0.4, 0.5) is 0 Å². The smallest absolute Gasteiger partial charge is 0.226 e. The molecule has 5 nitrogen and oxygen atoms in total. The molecule has 2 saturated heterocycles. The molecular weight excluding hydrogens is 448 g/mol. The monoisotopic (exact) mass is 478 g/mol. The van der Waals surface area contributed by atoms with Gasteiger partial charge >= 0.3 is 0 Å². The van der Waals surface area contributed by atoms with Gasteiger partial charge in [-0.25, -0.2) is 4.98 Å². The summed E-state index contributed by atoms with van der Waals surface area (Å²) in [6.07, 6.45) is 1.77. The van der Waals surface area contributed by atoms with Crippen LogP contribution in [0.1, 0.15) is 31.6 Å². The van der Waals surface area contributed by atoms with Crippen molar-refractivity contribution in [2.75, 3.05) is 32.8 Å². The van der Waals surface area contributed by atoms with E-state index in [4.69, 9.17) is 25.7 Å². The Hall–Kier alpha value is -2.47. The van der Waals surface area contributed by atoms with Crippen LogP contribution in [0.5, 0.6) is 0 Å². The van der Waals surface area contributed by atoms with E-state index in [0.717, 1.165) is 50.4 Å². The lowest BCUT2D eigenvalue weighted by molar-refractivity contribution is -0.188. The predicted molar refractivity (Wildman–Crippen MR) is 134 cm³/mol. The number of carbonyl (C=O) groups excluding carboxylic acids is 1. The maximum absolute atomic E-state index is 12.6. The van der Waals surface area contributed by atoms with Crippen LogP contribution in [0.25, 0.3) is 22.7 Å². The molecule has 1 aromatic heterocycles. The van der Waals surface area contributed by atoms with E-state index in [2.05, 4.69) is 29.2 Å². The van der Waals surface area contributed by atoms with Gasteiger partial charge in [0.15, 0.2) is 0 Å². The summed E-state index contributed by atoms with van der Waals surface area (Å²) >= 11 is 6.22. The van der Waals surface area contributed by atoms with Gasteiger partial charge in [-0.15, -0.1) is 0 Å². The Morgan fingerprint density at radius 3 is 2.53 bits per heavy atom. The largest absolute Gasteiger partial charge is 0.440 e. The van der Waals surface area contributed by atoms with Crippen molar-refractivity contribution in [2.45, 2.75) is 33.1 Å². The minimum atomic E-state index is 0.151. The first-order valence-electron chi connectivity index (χ1n) is 12.1. The number of hydrogen-bond donors (Lipinski definition) is 0. The topological polar surface area (TPSA) is 55.6 Å². The molecule has 2 aliphatic heterocycles. The van der Waals surface area contributed by atoms with Crippen LogP contribution in [-0.2, 0) is 22.4 Å². The second-order valence-corrected chi connectivity index (χ2v) is 10.7. The fraction of sp³-hybridized carbons (Fsp3) is 0.429. The third kappa shape index (κ3) is 5.12. The average Bonchev–Trinajstić information content (AvgIpc) is 3.15. The average molecular weight is 479 g/mol. The summed E-state index contributed by atoms with van der Waals surface area (Å²) in [6.45, 7) is 9.34. The Labute approximate surface area is 206 Å². The van der Waals surface area contributed by atoms with E-state index in [0.29, 0.717) is 40.1 Å². The molecule has 0 radical (unpaired) electrons. The molecule has 6 heteroatoms. The molecule has 0 atom stereocenters. The predicted octanol–water partition coefficient (Wildman–Crippen LogP) is 5.69. The molecule has 0 unspecified atom stereocenters. The van der Waals surface area contributed by atoms with E-state index in [1.54, 1.807) is 0 Å². The Balaban J connectivity index is 1.31. The molecule has 3 aromatic rings. The van der Waals surface area contributed by atoms with Crippen molar-refractivity contribution in [1.82, 2.24) is 9.88 Å². The Morgan fingerprint density at radius 2 is 1.88 bits per heavy atom. The van der Waals surface area contributed by atoms with E-state index < -0.39 is 0 Å². The molecule has 3 heterocycles. The summed E-state index contributed by atoms with van der Waals surface area (Å²) in [5, 5.41) is 0.629. The van der Waals surface area contributed by atoms with Crippen LogP contribution in [0.15, 0.2) is 52.9 Å². The molecule has 5 rings (SSSR count). The molecule has 0 amide bonds. The van der Waals surface area contributed by atoms with Crippen molar-refractivity contribution in [3.8, 4) is 22.7 Å². The Bertz CT molecular complexity index is 1160. The van der Waals surface area contributed by atoms with E-state index in [1.807, 2.05) is 38.1 Å². The summed E-state index contributed by atoms with van der Waals surface area (Å²) in [4.78, 5) is 19.8. The summed E-state index contributed by atoms with van der Waals surface area (Å²) in [7, 11) is 0. The minimum absolute atomic E-state index is 0.151. The van der Waals surface area contributed by atoms with Crippen molar-refractivity contribution < 1.29 is 13.9 Å². The summed E-state index contributed by atoms with van der Waals surface area (Å²) in [5.74, 6) is 1.58. The number of benzene rings is 2. The second-order valence-electron chi connectivity index (χ2n) is 10.3. The number of Topliss-reactive ketones (excluding diaryl/α,β-unsaturated/α-hetero) is 1. The molecule has 2 aromatic carbocycles. The highest BCUT2D eigenvalue weighted by molar-refractivity contribution is 6.30. The lowest BCUT2D eigenvalue weighted by Gasteiger charge is -2.55. The molecular formula is C28H31ClN2O3. The van der Waals surface area contributed by atoms with Gasteiger partial charge < -0.3 is 14.1 Å². The van der Waals surface area contributed by atoms with Crippen LogP contribution >= 0.6 is 11.6 Å². The first kappa shape index (κ1) is 23.3. The van der Waals surface area contributed by atoms with Gasteiger partial charge in [-0.2, -0.15) is 0 Å². The fourth-order valence-corrected chi connectivity index (χ4v) is 5.09. The van der Waals surface area contributed by atoms with Crippen molar-refractivity contribution in [2.24, 2.45) is 11.3 Å². The summed E-state index contributed by atoms with van der Waals surface area (Å²) < 4.78 is 11.5. The van der Waals surface area contributed by atoms with Crippen LogP contribution in [0, 0.1) is 11.3 Å². The normalized spacial score (nSPS) is 17.1. The van der Waals surface area contributed by atoms with E-state index >= 15 is 0 Å². The molecule has 0 saturated carbocycles. The maximum Gasteiger partial charge on any atom is 0.226 e. The Morgan fingerprint density at radius 1 is 1.12 bits per heavy atom. The highest BCUT2D eigenvalue weighted by Gasteiger charge is 2.48. The minimum Gasteiger partial charge on any atom is -0.440 e. The first-order valence-corrected chi connectivity index (χ1v) is 12.4. The number of ketones is 1. The van der Waals surface area contributed by atoms with Crippen LogP contribution in [0.2, 0.25) is 5.02 Å².